The van der Waals surface area contributed by atoms with Crippen molar-refractivity contribution in [2.45, 2.75) is 12.5 Å². The van der Waals surface area contributed by atoms with Crippen molar-refractivity contribution >= 4 is 56.7 Å². The smallest absolute Gasteiger partial charge is 0.261 e. The molecule has 0 radical (unpaired) electrons. The predicted octanol–water partition coefficient (Wildman–Crippen LogP) is 2.78. The number of rotatable bonds is 3. The lowest BCUT2D eigenvalue weighted by Gasteiger charge is -2.18. The molecule has 0 amide bonds. The fourth-order valence-corrected chi connectivity index (χ4v) is 3.21. The van der Waals surface area contributed by atoms with Crippen LogP contribution < -0.4 is 21.5 Å². The van der Waals surface area contributed by atoms with Crippen molar-refractivity contribution in [2.24, 2.45) is 5.73 Å². The summed E-state index contributed by atoms with van der Waals surface area (Å²) in [5.74, 6) is 1.08. The lowest BCUT2D eigenvalue weighted by molar-refractivity contribution is 0.750. The third kappa shape index (κ3) is 3.67. The monoisotopic (exact) mass is 436 g/mol. The van der Waals surface area contributed by atoms with Crippen molar-refractivity contribution < 1.29 is 0 Å². The first-order valence-electron chi connectivity index (χ1n) is 8.03. The third-order valence-electron chi connectivity index (χ3n) is 4.22. The Labute approximate surface area is 164 Å². The molecule has 1 aromatic carbocycles. The molecule has 3 heterocycles. The molecule has 1 fully saturated rings. The maximum absolute atomic E-state index is 12.3. The SMILES string of the molecule is Cl.N[C@@H]1CCN(c2nc(Nc3ccc(Br)cc3)c3c(=O)[nH]ccc3n2)C1. The number of hydrogen-bond acceptors (Lipinski definition) is 6. The standard InChI is InChI=1S/C17H17BrN6O.ClH/c18-10-1-3-12(4-2-10)21-15-14-13(5-7-20-16(14)25)22-17(23-15)24-8-6-11(19)9-24;/h1-5,7,11H,6,8-9,19H2,(H,20,25)(H,21,22,23);1H/t11-;/m1./s1. The van der Waals surface area contributed by atoms with Crippen LogP contribution in [0.3, 0.4) is 0 Å². The van der Waals surface area contributed by atoms with E-state index >= 15 is 0 Å². The van der Waals surface area contributed by atoms with Crippen LogP contribution in [0.5, 0.6) is 0 Å². The number of fused-ring (bicyclic) bond motifs is 1. The molecule has 2 aromatic heterocycles. The van der Waals surface area contributed by atoms with Crippen LogP contribution >= 0.6 is 28.3 Å². The fourth-order valence-electron chi connectivity index (χ4n) is 2.95. The normalized spacial score (nSPS) is 16.5. The zero-order valence-electron chi connectivity index (χ0n) is 13.8. The van der Waals surface area contributed by atoms with Gasteiger partial charge in [0.15, 0.2) is 0 Å². The maximum Gasteiger partial charge on any atom is 0.261 e. The van der Waals surface area contributed by atoms with Gasteiger partial charge in [-0.05, 0) is 36.8 Å². The van der Waals surface area contributed by atoms with Gasteiger partial charge in [-0.1, -0.05) is 15.9 Å². The highest BCUT2D eigenvalue weighted by Crippen LogP contribution is 2.26. The number of benzene rings is 1. The van der Waals surface area contributed by atoms with E-state index in [4.69, 9.17) is 5.73 Å². The molecule has 4 N–H and O–H groups in total. The van der Waals surface area contributed by atoms with Gasteiger partial charge >= 0.3 is 0 Å². The molecule has 0 spiro atoms. The molecule has 4 rings (SSSR count). The van der Waals surface area contributed by atoms with Crippen LogP contribution in [0, 0.1) is 0 Å². The van der Waals surface area contributed by atoms with E-state index in [1.54, 1.807) is 12.3 Å². The Morgan fingerprint density at radius 1 is 1.23 bits per heavy atom. The summed E-state index contributed by atoms with van der Waals surface area (Å²) in [6, 6.07) is 9.60. The average Bonchev–Trinajstić information content (AvgIpc) is 3.03. The van der Waals surface area contributed by atoms with Gasteiger partial charge in [-0.3, -0.25) is 4.79 Å². The lowest BCUT2D eigenvalue weighted by atomic mass is 10.2. The Morgan fingerprint density at radius 3 is 2.69 bits per heavy atom. The van der Waals surface area contributed by atoms with Crippen LogP contribution in [-0.2, 0) is 0 Å². The summed E-state index contributed by atoms with van der Waals surface area (Å²) in [5.41, 5.74) is 7.23. The number of halogens is 2. The molecule has 1 aliphatic rings. The first-order chi connectivity index (χ1) is 12.1. The number of nitrogens with two attached hydrogens (primary N) is 1. The number of nitrogens with zero attached hydrogens (tertiary/aromatic N) is 3. The summed E-state index contributed by atoms with van der Waals surface area (Å²) in [5, 5.41) is 3.68. The maximum atomic E-state index is 12.3. The van der Waals surface area contributed by atoms with Gasteiger partial charge in [0.1, 0.15) is 11.2 Å². The summed E-state index contributed by atoms with van der Waals surface area (Å²) in [4.78, 5) is 26.2. The summed E-state index contributed by atoms with van der Waals surface area (Å²) in [7, 11) is 0. The van der Waals surface area contributed by atoms with Crippen LogP contribution in [0.25, 0.3) is 10.9 Å². The Balaban J connectivity index is 0.00000196. The molecule has 1 saturated heterocycles. The van der Waals surface area contributed by atoms with Crippen LogP contribution in [0.15, 0.2) is 45.8 Å². The minimum atomic E-state index is -0.221. The number of nitrogens with one attached hydrogen (secondary N) is 2. The van der Waals surface area contributed by atoms with Gasteiger partial charge in [-0.25, -0.2) is 4.98 Å². The first-order valence-corrected chi connectivity index (χ1v) is 8.82. The number of aromatic nitrogens is 3. The molecule has 7 nitrogen and oxygen atoms in total. The molecule has 136 valence electrons. The second-order valence-electron chi connectivity index (χ2n) is 6.07. The van der Waals surface area contributed by atoms with Crippen molar-refractivity contribution in [1.82, 2.24) is 15.0 Å². The molecule has 1 aliphatic heterocycles. The van der Waals surface area contributed by atoms with E-state index < -0.39 is 0 Å². The third-order valence-corrected chi connectivity index (χ3v) is 4.75. The number of hydrogen-bond donors (Lipinski definition) is 3. The number of H-pyrrole nitrogens is 1. The van der Waals surface area contributed by atoms with E-state index in [2.05, 4.69) is 41.1 Å². The van der Waals surface area contributed by atoms with Crippen LogP contribution in [-0.4, -0.2) is 34.1 Å². The summed E-state index contributed by atoms with van der Waals surface area (Å²) < 4.78 is 0.982. The molecular formula is C17H18BrClN6O. The highest BCUT2D eigenvalue weighted by molar-refractivity contribution is 9.10. The molecule has 3 aromatic rings. The van der Waals surface area contributed by atoms with Gasteiger partial charge in [0, 0.05) is 35.5 Å². The summed E-state index contributed by atoms with van der Waals surface area (Å²) >= 11 is 3.42. The number of pyridine rings is 1. The van der Waals surface area contributed by atoms with E-state index in [-0.39, 0.29) is 24.0 Å². The van der Waals surface area contributed by atoms with Crippen molar-refractivity contribution in [3.63, 3.8) is 0 Å². The molecular weight excluding hydrogens is 420 g/mol. The summed E-state index contributed by atoms with van der Waals surface area (Å²) in [6.07, 6.45) is 2.51. The lowest BCUT2D eigenvalue weighted by Crippen LogP contribution is -2.28. The second-order valence-corrected chi connectivity index (χ2v) is 6.98. The van der Waals surface area contributed by atoms with Crippen molar-refractivity contribution in [3.8, 4) is 0 Å². The van der Waals surface area contributed by atoms with Gasteiger partial charge in [0.2, 0.25) is 5.95 Å². The summed E-state index contributed by atoms with van der Waals surface area (Å²) in [6.45, 7) is 1.53. The van der Waals surface area contributed by atoms with Crippen molar-refractivity contribution in [2.75, 3.05) is 23.3 Å². The van der Waals surface area contributed by atoms with Crippen LogP contribution in [0.4, 0.5) is 17.5 Å². The van der Waals surface area contributed by atoms with Crippen LogP contribution in [0.2, 0.25) is 0 Å². The van der Waals surface area contributed by atoms with E-state index in [0.717, 1.165) is 23.1 Å². The number of aromatic amines is 1. The van der Waals surface area contributed by atoms with Gasteiger partial charge in [0.05, 0.1) is 5.52 Å². The first kappa shape index (κ1) is 18.6. The van der Waals surface area contributed by atoms with Gasteiger partial charge in [0.25, 0.3) is 5.56 Å². The molecule has 0 aliphatic carbocycles. The quantitative estimate of drug-likeness (QED) is 0.582. The largest absolute Gasteiger partial charge is 0.339 e. The number of anilines is 3. The van der Waals surface area contributed by atoms with Gasteiger partial charge < -0.3 is 20.9 Å². The predicted molar refractivity (Wildman–Crippen MR) is 110 cm³/mol. The van der Waals surface area contributed by atoms with E-state index in [9.17, 15) is 4.79 Å². The molecule has 9 heteroatoms. The Bertz CT molecular complexity index is 977. The van der Waals surface area contributed by atoms with E-state index in [0.29, 0.717) is 29.2 Å². The minimum Gasteiger partial charge on any atom is -0.339 e. The average molecular weight is 438 g/mol. The molecule has 26 heavy (non-hydrogen) atoms. The topological polar surface area (TPSA) is 99.9 Å². The molecule has 0 unspecified atom stereocenters. The zero-order valence-corrected chi connectivity index (χ0v) is 16.2. The van der Waals surface area contributed by atoms with E-state index in [1.807, 2.05) is 24.3 Å². The van der Waals surface area contributed by atoms with Crippen LogP contribution in [0.1, 0.15) is 6.42 Å². The van der Waals surface area contributed by atoms with Crippen molar-refractivity contribution in [1.29, 1.82) is 0 Å². The molecule has 1 atom stereocenters. The Kier molecular flexibility index (Phi) is 5.45. The van der Waals surface area contributed by atoms with Gasteiger partial charge in [-0.2, -0.15) is 4.98 Å². The minimum absolute atomic E-state index is 0. The van der Waals surface area contributed by atoms with Gasteiger partial charge in [-0.15, -0.1) is 12.4 Å². The second kappa shape index (κ2) is 7.61. The fraction of sp³-hybridized carbons (Fsp3) is 0.235. The van der Waals surface area contributed by atoms with E-state index in [1.165, 1.54) is 0 Å². The highest BCUT2D eigenvalue weighted by Gasteiger charge is 2.23. The highest BCUT2D eigenvalue weighted by atomic mass is 79.9. The molecule has 0 bridgehead atoms. The van der Waals surface area contributed by atoms with Crippen molar-refractivity contribution in [3.05, 3.63) is 51.4 Å². The Morgan fingerprint density at radius 2 is 2.00 bits per heavy atom. The molecule has 0 saturated carbocycles. The Hall–Kier alpha value is -2.16. The zero-order chi connectivity index (χ0) is 17.4.